The Morgan fingerprint density at radius 3 is 2.70 bits per heavy atom. The molecule has 1 aromatic carbocycles. The third-order valence-corrected chi connectivity index (χ3v) is 3.81. The summed E-state index contributed by atoms with van der Waals surface area (Å²) in [6, 6.07) is 5.53. The van der Waals surface area contributed by atoms with Crippen LogP contribution in [-0.4, -0.2) is 59.5 Å². The van der Waals surface area contributed by atoms with Crippen molar-refractivity contribution in [3.05, 3.63) is 29.8 Å². The number of hydrogen-bond acceptors (Lipinski definition) is 4. The number of carbonyl (C=O) groups is 1. The summed E-state index contributed by atoms with van der Waals surface area (Å²) in [5.74, 6) is 1.22. The largest absolute Gasteiger partial charge is 0.493 e. The van der Waals surface area contributed by atoms with Gasteiger partial charge in [-0.2, -0.15) is 0 Å². The average Bonchev–Trinajstić information content (AvgIpc) is 2.60. The Morgan fingerprint density at radius 2 is 2.00 bits per heavy atom. The van der Waals surface area contributed by atoms with E-state index in [1.807, 2.05) is 18.2 Å². The number of nitrogens with one attached hydrogen (secondary N) is 2. The highest BCUT2D eigenvalue weighted by Gasteiger charge is 2.12. The first-order chi connectivity index (χ1) is 11.2. The molecular formula is C17H25N2O4+. The second kappa shape index (κ2) is 9.17. The Labute approximate surface area is 137 Å². The molecule has 0 atom stereocenters. The van der Waals surface area contributed by atoms with Crippen molar-refractivity contribution in [3.63, 3.8) is 0 Å². The van der Waals surface area contributed by atoms with Crippen molar-refractivity contribution in [2.75, 3.05) is 53.6 Å². The minimum absolute atomic E-state index is 0.0903. The minimum Gasteiger partial charge on any atom is -0.493 e. The van der Waals surface area contributed by atoms with Crippen molar-refractivity contribution in [2.24, 2.45) is 0 Å². The molecule has 2 N–H and O–H groups in total. The lowest BCUT2D eigenvalue weighted by Gasteiger charge is -2.23. The van der Waals surface area contributed by atoms with E-state index >= 15 is 0 Å². The fourth-order valence-electron chi connectivity index (χ4n) is 2.46. The van der Waals surface area contributed by atoms with Gasteiger partial charge in [0.05, 0.1) is 40.5 Å². The van der Waals surface area contributed by atoms with Gasteiger partial charge in [0.25, 0.3) is 0 Å². The van der Waals surface area contributed by atoms with Gasteiger partial charge in [-0.15, -0.1) is 0 Å². The maximum atomic E-state index is 11.8. The molecule has 6 nitrogen and oxygen atoms in total. The molecule has 1 aliphatic rings. The first-order valence-corrected chi connectivity index (χ1v) is 7.82. The van der Waals surface area contributed by atoms with Crippen LogP contribution in [0.15, 0.2) is 24.3 Å². The molecule has 0 aromatic heterocycles. The molecule has 0 unspecified atom stereocenters. The molecule has 0 radical (unpaired) electrons. The zero-order valence-electron chi connectivity index (χ0n) is 13.8. The summed E-state index contributed by atoms with van der Waals surface area (Å²) >= 11 is 0. The average molecular weight is 321 g/mol. The van der Waals surface area contributed by atoms with Gasteiger partial charge in [-0.1, -0.05) is 6.07 Å². The van der Waals surface area contributed by atoms with Gasteiger partial charge in [-0.3, -0.25) is 4.79 Å². The molecule has 1 amide bonds. The molecule has 23 heavy (non-hydrogen) atoms. The van der Waals surface area contributed by atoms with Gasteiger partial charge in [0.15, 0.2) is 11.5 Å². The van der Waals surface area contributed by atoms with Crippen molar-refractivity contribution in [3.8, 4) is 11.5 Å². The van der Waals surface area contributed by atoms with Crippen molar-refractivity contribution in [2.45, 2.75) is 0 Å². The van der Waals surface area contributed by atoms with Gasteiger partial charge in [0.2, 0.25) is 5.91 Å². The first-order valence-electron chi connectivity index (χ1n) is 7.82. The summed E-state index contributed by atoms with van der Waals surface area (Å²) in [6.07, 6.45) is 3.30. The van der Waals surface area contributed by atoms with Crippen LogP contribution in [0.25, 0.3) is 6.08 Å². The fourth-order valence-corrected chi connectivity index (χ4v) is 2.46. The van der Waals surface area contributed by atoms with Crippen LogP contribution >= 0.6 is 0 Å². The molecular weight excluding hydrogens is 296 g/mol. The van der Waals surface area contributed by atoms with Crippen molar-refractivity contribution in [1.29, 1.82) is 0 Å². The standard InChI is InChI=1S/C17H24N2O4/c1-21-15-5-3-14(13-16(15)22-2)4-6-17(20)18-7-8-19-9-11-23-12-10-19/h3-6,13H,7-12H2,1-2H3,(H,18,20)/p+1. The van der Waals surface area contributed by atoms with E-state index in [1.54, 1.807) is 20.3 Å². The lowest BCUT2D eigenvalue weighted by Crippen LogP contribution is -3.14. The third kappa shape index (κ3) is 5.58. The molecule has 1 saturated heterocycles. The topological polar surface area (TPSA) is 61.2 Å². The summed E-state index contributed by atoms with van der Waals surface area (Å²) in [5.41, 5.74) is 0.886. The SMILES string of the molecule is COc1ccc(C=CC(=O)NCC[NH+]2CCOCC2)cc1OC. The highest BCUT2D eigenvalue weighted by molar-refractivity contribution is 5.91. The van der Waals surface area contributed by atoms with Crippen LogP contribution < -0.4 is 19.7 Å². The van der Waals surface area contributed by atoms with E-state index in [-0.39, 0.29) is 5.91 Å². The third-order valence-electron chi connectivity index (χ3n) is 3.81. The summed E-state index contributed by atoms with van der Waals surface area (Å²) in [6.45, 7) is 5.24. The number of morpholine rings is 1. The second-order valence-electron chi connectivity index (χ2n) is 5.35. The molecule has 0 saturated carbocycles. The lowest BCUT2D eigenvalue weighted by molar-refractivity contribution is -0.906. The molecule has 2 rings (SSSR count). The van der Waals surface area contributed by atoms with Crippen molar-refractivity contribution < 1.29 is 23.9 Å². The lowest BCUT2D eigenvalue weighted by atomic mass is 10.2. The number of quaternary nitrogens is 1. The predicted octanol–water partition coefficient (Wildman–Crippen LogP) is -0.252. The number of rotatable bonds is 7. The summed E-state index contributed by atoms with van der Waals surface area (Å²) in [7, 11) is 3.18. The second-order valence-corrected chi connectivity index (χ2v) is 5.35. The van der Waals surface area contributed by atoms with Crippen LogP contribution in [0.5, 0.6) is 11.5 Å². The van der Waals surface area contributed by atoms with Gasteiger partial charge >= 0.3 is 0 Å². The number of amides is 1. The Kier molecular flexibility index (Phi) is 6.90. The highest BCUT2D eigenvalue weighted by Crippen LogP contribution is 2.27. The Morgan fingerprint density at radius 1 is 1.26 bits per heavy atom. The molecule has 1 heterocycles. The fraction of sp³-hybridized carbons (Fsp3) is 0.471. The van der Waals surface area contributed by atoms with Crippen LogP contribution in [0.1, 0.15) is 5.56 Å². The minimum atomic E-state index is -0.0903. The highest BCUT2D eigenvalue weighted by atomic mass is 16.5. The van der Waals surface area contributed by atoms with Gasteiger partial charge in [-0.25, -0.2) is 0 Å². The van der Waals surface area contributed by atoms with Crippen LogP contribution in [0.2, 0.25) is 0 Å². The Balaban J connectivity index is 1.78. The summed E-state index contributed by atoms with van der Waals surface area (Å²) < 4.78 is 15.7. The van der Waals surface area contributed by atoms with Crippen molar-refractivity contribution in [1.82, 2.24) is 5.32 Å². The zero-order valence-corrected chi connectivity index (χ0v) is 13.8. The number of hydrogen-bond donors (Lipinski definition) is 2. The number of methoxy groups -OCH3 is 2. The molecule has 126 valence electrons. The normalized spacial score (nSPS) is 15.6. The summed E-state index contributed by atoms with van der Waals surface area (Å²) in [4.78, 5) is 13.3. The van der Waals surface area contributed by atoms with E-state index in [9.17, 15) is 4.79 Å². The first kappa shape index (κ1) is 17.3. The van der Waals surface area contributed by atoms with Gasteiger partial charge in [0.1, 0.15) is 13.1 Å². The maximum Gasteiger partial charge on any atom is 0.244 e. The molecule has 1 fully saturated rings. The van der Waals surface area contributed by atoms with Gasteiger partial charge in [-0.05, 0) is 23.8 Å². The van der Waals surface area contributed by atoms with Gasteiger partial charge < -0.3 is 24.4 Å². The van der Waals surface area contributed by atoms with Crippen LogP contribution in [0.3, 0.4) is 0 Å². The van der Waals surface area contributed by atoms with E-state index in [4.69, 9.17) is 14.2 Å². The van der Waals surface area contributed by atoms with E-state index in [0.717, 1.165) is 38.4 Å². The predicted molar refractivity (Wildman–Crippen MR) is 88.0 cm³/mol. The molecule has 0 aliphatic carbocycles. The Hall–Kier alpha value is -2.05. The number of carbonyl (C=O) groups excluding carboxylic acids is 1. The molecule has 0 bridgehead atoms. The van der Waals surface area contributed by atoms with Crippen LogP contribution in [0.4, 0.5) is 0 Å². The van der Waals surface area contributed by atoms with E-state index in [1.165, 1.54) is 11.0 Å². The molecule has 1 aliphatic heterocycles. The number of ether oxygens (including phenoxy) is 3. The maximum absolute atomic E-state index is 11.8. The monoisotopic (exact) mass is 321 g/mol. The molecule has 0 spiro atoms. The van der Waals surface area contributed by atoms with Crippen LogP contribution in [-0.2, 0) is 9.53 Å². The molecule has 1 aromatic rings. The number of benzene rings is 1. The quantitative estimate of drug-likeness (QED) is 0.680. The van der Waals surface area contributed by atoms with Crippen molar-refractivity contribution >= 4 is 12.0 Å². The van der Waals surface area contributed by atoms with E-state index < -0.39 is 0 Å². The van der Waals surface area contributed by atoms with Crippen LogP contribution in [0, 0.1) is 0 Å². The smallest absolute Gasteiger partial charge is 0.244 e. The van der Waals surface area contributed by atoms with Gasteiger partial charge in [0, 0.05) is 6.08 Å². The van der Waals surface area contributed by atoms with E-state index in [2.05, 4.69) is 5.32 Å². The van der Waals surface area contributed by atoms with E-state index in [0.29, 0.717) is 18.0 Å². The summed E-state index contributed by atoms with van der Waals surface area (Å²) in [5, 5.41) is 2.91. The Bertz CT molecular complexity index is 539. The zero-order chi connectivity index (χ0) is 16.5. The molecule has 6 heteroatoms.